The van der Waals surface area contributed by atoms with E-state index < -0.39 is 0 Å². The van der Waals surface area contributed by atoms with E-state index in [1.807, 2.05) is 4.90 Å². The first-order valence-corrected chi connectivity index (χ1v) is 4.79. The Hall–Kier alpha value is -0.900. The molecule has 0 bridgehead atoms. The Labute approximate surface area is 77.3 Å². The molecule has 2 aliphatic rings. The van der Waals surface area contributed by atoms with E-state index in [0.717, 1.165) is 19.5 Å². The van der Waals surface area contributed by atoms with Crippen molar-refractivity contribution in [1.29, 1.82) is 0 Å². The lowest BCUT2D eigenvalue weighted by Gasteiger charge is -2.32. The van der Waals surface area contributed by atoms with Crippen LogP contribution in [0.15, 0.2) is 0 Å². The second-order valence-corrected chi connectivity index (χ2v) is 3.70. The molecule has 1 heterocycles. The van der Waals surface area contributed by atoms with E-state index in [4.69, 9.17) is 0 Å². The van der Waals surface area contributed by atoms with Crippen LogP contribution in [-0.2, 0) is 9.59 Å². The number of Topliss-reactive ketones (excluding diaryl/α,β-unsaturated/α-hetero) is 1. The Kier molecular flexibility index (Phi) is 2.31. The third-order valence-corrected chi connectivity index (χ3v) is 2.79. The summed E-state index contributed by atoms with van der Waals surface area (Å²) in [6.45, 7) is 2.05. The maximum Gasteiger partial charge on any atom is 0.236 e. The number of carbonyl (C=O) groups is 2. The zero-order valence-corrected chi connectivity index (χ0v) is 7.58. The Morgan fingerprint density at radius 3 is 2.85 bits per heavy atom. The predicted octanol–water partition coefficient (Wildman–Crippen LogP) is -0.460. The molecule has 4 heteroatoms. The predicted molar refractivity (Wildman–Crippen MR) is 47.2 cm³/mol. The zero-order valence-electron chi connectivity index (χ0n) is 7.58. The quantitative estimate of drug-likeness (QED) is 0.597. The Morgan fingerprint density at radius 1 is 1.38 bits per heavy atom. The molecule has 0 aromatic heterocycles. The number of nitrogens with zero attached hydrogens (tertiary/aromatic N) is 1. The van der Waals surface area contributed by atoms with Crippen LogP contribution in [0.2, 0.25) is 0 Å². The molecule has 1 unspecified atom stereocenters. The summed E-state index contributed by atoms with van der Waals surface area (Å²) in [5, 5.41) is 3.02. The number of amides is 1. The average molecular weight is 182 g/mol. The second kappa shape index (κ2) is 3.46. The van der Waals surface area contributed by atoms with Gasteiger partial charge in [0.2, 0.25) is 5.91 Å². The van der Waals surface area contributed by atoms with Crippen molar-refractivity contribution >= 4 is 11.7 Å². The van der Waals surface area contributed by atoms with Crippen LogP contribution in [0.25, 0.3) is 0 Å². The Balaban J connectivity index is 1.98. The average Bonchev–Trinajstić information content (AvgIpc) is 2.53. The van der Waals surface area contributed by atoms with Gasteiger partial charge in [-0.05, 0) is 6.42 Å². The lowest BCUT2D eigenvalue weighted by Crippen LogP contribution is -2.51. The van der Waals surface area contributed by atoms with Gasteiger partial charge < -0.3 is 10.2 Å². The molecule has 0 spiro atoms. The summed E-state index contributed by atoms with van der Waals surface area (Å²) in [5.41, 5.74) is 0. The van der Waals surface area contributed by atoms with E-state index in [9.17, 15) is 9.59 Å². The van der Waals surface area contributed by atoms with E-state index >= 15 is 0 Å². The minimum absolute atomic E-state index is 0.144. The number of ketones is 1. The summed E-state index contributed by atoms with van der Waals surface area (Å²) in [7, 11) is 0. The highest BCUT2D eigenvalue weighted by molar-refractivity contribution is 5.84. The first kappa shape index (κ1) is 8.69. The van der Waals surface area contributed by atoms with Gasteiger partial charge >= 0.3 is 0 Å². The van der Waals surface area contributed by atoms with Crippen molar-refractivity contribution in [2.45, 2.75) is 25.3 Å². The van der Waals surface area contributed by atoms with Crippen LogP contribution in [0, 0.1) is 0 Å². The molecule has 1 atom stereocenters. The fourth-order valence-corrected chi connectivity index (χ4v) is 2.07. The van der Waals surface area contributed by atoms with Crippen molar-refractivity contribution in [3.63, 3.8) is 0 Å². The summed E-state index contributed by atoms with van der Waals surface area (Å²) < 4.78 is 0. The van der Waals surface area contributed by atoms with Gasteiger partial charge in [-0.15, -0.1) is 0 Å². The molecule has 1 amide bonds. The lowest BCUT2D eigenvalue weighted by atomic mass is 10.2. The molecule has 0 aromatic carbocycles. The fraction of sp³-hybridized carbons (Fsp3) is 0.778. The van der Waals surface area contributed by atoms with Gasteiger partial charge in [-0.1, -0.05) is 0 Å². The standard InChI is InChI=1S/C9H14N2O2/c12-8-2-1-7(5-8)11-4-3-10-6-9(11)13/h7,10H,1-6H2. The van der Waals surface area contributed by atoms with E-state index in [-0.39, 0.29) is 11.9 Å². The van der Waals surface area contributed by atoms with Gasteiger partial charge in [0.1, 0.15) is 5.78 Å². The van der Waals surface area contributed by atoms with Crippen LogP contribution in [-0.4, -0.2) is 42.3 Å². The first-order chi connectivity index (χ1) is 6.27. The van der Waals surface area contributed by atoms with Crippen molar-refractivity contribution in [3.8, 4) is 0 Å². The number of hydrogen-bond acceptors (Lipinski definition) is 3. The van der Waals surface area contributed by atoms with Crippen LogP contribution in [0.1, 0.15) is 19.3 Å². The van der Waals surface area contributed by atoms with Gasteiger partial charge in [0.25, 0.3) is 0 Å². The molecule has 1 aliphatic heterocycles. The molecular weight excluding hydrogens is 168 g/mol. The number of hydrogen-bond donors (Lipinski definition) is 1. The Morgan fingerprint density at radius 2 is 2.23 bits per heavy atom. The van der Waals surface area contributed by atoms with Crippen molar-refractivity contribution < 1.29 is 9.59 Å². The molecule has 1 aliphatic carbocycles. The molecule has 13 heavy (non-hydrogen) atoms. The van der Waals surface area contributed by atoms with Crippen molar-refractivity contribution in [3.05, 3.63) is 0 Å². The van der Waals surface area contributed by atoms with Gasteiger partial charge in [0, 0.05) is 32.0 Å². The van der Waals surface area contributed by atoms with Gasteiger partial charge in [-0.2, -0.15) is 0 Å². The van der Waals surface area contributed by atoms with Crippen molar-refractivity contribution in [1.82, 2.24) is 10.2 Å². The maximum absolute atomic E-state index is 11.4. The lowest BCUT2D eigenvalue weighted by molar-refractivity contribution is -0.134. The van der Waals surface area contributed by atoms with Crippen LogP contribution in [0.4, 0.5) is 0 Å². The van der Waals surface area contributed by atoms with E-state index in [2.05, 4.69) is 5.32 Å². The maximum atomic E-state index is 11.4. The smallest absolute Gasteiger partial charge is 0.236 e. The summed E-state index contributed by atoms with van der Waals surface area (Å²) in [6.07, 6.45) is 2.10. The topological polar surface area (TPSA) is 49.4 Å². The van der Waals surface area contributed by atoms with Crippen LogP contribution < -0.4 is 5.32 Å². The van der Waals surface area contributed by atoms with Crippen LogP contribution in [0.5, 0.6) is 0 Å². The highest BCUT2D eigenvalue weighted by Gasteiger charge is 2.31. The van der Waals surface area contributed by atoms with Gasteiger partial charge in [0.05, 0.1) is 6.54 Å². The van der Waals surface area contributed by atoms with Gasteiger partial charge in [-0.3, -0.25) is 9.59 Å². The van der Waals surface area contributed by atoms with E-state index in [0.29, 0.717) is 25.2 Å². The normalized spacial score (nSPS) is 29.8. The molecule has 0 radical (unpaired) electrons. The van der Waals surface area contributed by atoms with E-state index in [1.54, 1.807) is 0 Å². The molecule has 1 N–H and O–H groups in total. The minimum atomic E-state index is 0.144. The molecule has 4 nitrogen and oxygen atoms in total. The molecule has 2 rings (SSSR count). The summed E-state index contributed by atoms with van der Waals surface area (Å²) in [5.74, 6) is 0.447. The number of piperazine rings is 1. The molecule has 1 saturated heterocycles. The number of rotatable bonds is 1. The SMILES string of the molecule is O=C1CCC(N2CCNCC2=O)C1. The Bertz CT molecular complexity index is 240. The third-order valence-electron chi connectivity index (χ3n) is 2.79. The molecular formula is C9H14N2O2. The fourth-order valence-electron chi connectivity index (χ4n) is 2.07. The summed E-state index contributed by atoms with van der Waals surface area (Å²) in [6, 6.07) is 0.196. The van der Waals surface area contributed by atoms with Crippen molar-refractivity contribution in [2.75, 3.05) is 19.6 Å². The third kappa shape index (κ3) is 1.72. The number of nitrogens with one attached hydrogen (secondary N) is 1. The largest absolute Gasteiger partial charge is 0.337 e. The molecule has 0 aromatic rings. The summed E-state index contributed by atoms with van der Waals surface area (Å²) >= 11 is 0. The zero-order chi connectivity index (χ0) is 9.26. The highest BCUT2D eigenvalue weighted by atomic mass is 16.2. The monoisotopic (exact) mass is 182 g/mol. The molecule has 1 saturated carbocycles. The number of carbonyl (C=O) groups excluding carboxylic acids is 2. The molecule has 72 valence electrons. The van der Waals surface area contributed by atoms with Crippen LogP contribution in [0.3, 0.4) is 0 Å². The van der Waals surface area contributed by atoms with Crippen molar-refractivity contribution in [2.24, 2.45) is 0 Å². The second-order valence-electron chi connectivity index (χ2n) is 3.70. The summed E-state index contributed by atoms with van der Waals surface area (Å²) in [4.78, 5) is 24.4. The van der Waals surface area contributed by atoms with Gasteiger partial charge in [0.15, 0.2) is 0 Å². The highest BCUT2D eigenvalue weighted by Crippen LogP contribution is 2.21. The first-order valence-electron chi connectivity index (χ1n) is 4.79. The minimum Gasteiger partial charge on any atom is -0.337 e. The molecule has 2 fully saturated rings. The van der Waals surface area contributed by atoms with E-state index in [1.165, 1.54) is 0 Å². The van der Waals surface area contributed by atoms with Crippen LogP contribution >= 0.6 is 0 Å². The van der Waals surface area contributed by atoms with Gasteiger partial charge in [-0.25, -0.2) is 0 Å².